The number of rotatable bonds is 9. The Morgan fingerprint density at radius 3 is 2.27 bits per heavy atom. The monoisotopic (exact) mass is 545 g/mol. The predicted octanol–water partition coefficient (Wildman–Crippen LogP) is 3.36. The minimum atomic E-state index is -3.84. The second-order valence-electron chi connectivity index (χ2n) is 8.23. The molecule has 10 nitrogen and oxygen atoms in total. The summed E-state index contributed by atoms with van der Waals surface area (Å²) < 4.78 is 65.6. The standard InChI is InChI=1S/C25H27N3O7S2/c1-3-36(30,31)28(20-10-13-23-24(16-20)35-15-14-34-23)17-25(29)26-19-8-11-21(12-9-19)37(32,33)27-22-7-5-4-6-18(22)2/h4-13,16,27H,3,14-15,17H2,1-2H3,(H,26,29). The van der Waals surface area contributed by atoms with E-state index in [0.717, 1.165) is 9.87 Å². The molecule has 0 bridgehead atoms. The molecule has 196 valence electrons. The Morgan fingerprint density at radius 2 is 1.59 bits per heavy atom. The molecular formula is C25H27N3O7S2. The van der Waals surface area contributed by atoms with Crippen LogP contribution in [0.15, 0.2) is 71.6 Å². The summed E-state index contributed by atoms with van der Waals surface area (Å²) in [5, 5.41) is 2.62. The molecule has 12 heteroatoms. The lowest BCUT2D eigenvalue weighted by Crippen LogP contribution is -2.39. The van der Waals surface area contributed by atoms with E-state index in [9.17, 15) is 21.6 Å². The molecule has 4 rings (SSSR count). The van der Waals surface area contributed by atoms with Gasteiger partial charge in [-0.25, -0.2) is 16.8 Å². The first-order valence-corrected chi connectivity index (χ1v) is 14.6. The van der Waals surface area contributed by atoms with E-state index < -0.39 is 32.5 Å². The maximum atomic E-state index is 12.8. The first-order valence-electron chi connectivity index (χ1n) is 11.5. The number of sulfonamides is 2. The van der Waals surface area contributed by atoms with Gasteiger partial charge in [-0.1, -0.05) is 18.2 Å². The number of para-hydroxylation sites is 1. The van der Waals surface area contributed by atoms with Crippen LogP contribution in [0.2, 0.25) is 0 Å². The number of ether oxygens (including phenoxy) is 2. The summed E-state index contributed by atoms with van der Waals surface area (Å²) in [5.74, 6) is 0.0900. The lowest BCUT2D eigenvalue weighted by Gasteiger charge is -2.25. The number of benzene rings is 3. The molecule has 3 aromatic rings. The second kappa shape index (κ2) is 10.7. The van der Waals surface area contributed by atoms with Gasteiger partial charge in [-0.2, -0.15) is 0 Å². The summed E-state index contributed by atoms with van der Waals surface area (Å²) in [6.07, 6.45) is 0. The van der Waals surface area contributed by atoms with Crippen LogP contribution < -0.4 is 23.8 Å². The lowest BCUT2D eigenvalue weighted by atomic mass is 10.2. The van der Waals surface area contributed by atoms with Crippen molar-refractivity contribution in [2.75, 3.05) is 39.9 Å². The van der Waals surface area contributed by atoms with Gasteiger partial charge >= 0.3 is 0 Å². The first-order chi connectivity index (χ1) is 17.6. The molecule has 1 aliphatic rings. The molecular weight excluding hydrogens is 518 g/mol. The van der Waals surface area contributed by atoms with Crippen molar-refractivity contribution in [2.24, 2.45) is 0 Å². The molecule has 0 radical (unpaired) electrons. The number of carbonyl (C=O) groups is 1. The Labute approximate surface area is 216 Å². The summed E-state index contributed by atoms with van der Waals surface area (Å²) >= 11 is 0. The second-order valence-corrected chi connectivity index (χ2v) is 12.1. The van der Waals surface area contributed by atoms with Gasteiger partial charge in [0.15, 0.2) is 11.5 Å². The maximum absolute atomic E-state index is 12.8. The molecule has 0 aromatic heterocycles. The smallest absolute Gasteiger partial charge is 0.261 e. The highest BCUT2D eigenvalue weighted by Gasteiger charge is 2.25. The zero-order valence-corrected chi connectivity index (χ0v) is 21.9. The van der Waals surface area contributed by atoms with Gasteiger partial charge < -0.3 is 14.8 Å². The largest absolute Gasteiger partial charge is 0.486 e. The fraction of sp³-hybridized carbons (Fsp3) is 0.240. The maximum Gasteiger partial charge on any atom is 0.261 e. The third kappa shape index (κ3) is 6.15. The van der Waals surface area contributed by atoms with Crippen molar-refractivity contribution in [3.8, 4) is 11.5 Å². The molecule has 37 heavy (non-hydrogen) atoms. The molecule has 0 aliphatic carbocycles. The number of aryl methyl sites for hydroxylation is 1. The topological polar surface area (TPSA) is 131 Å². The van der Waals surface area contributed by atoms with Gasteiger partial charge in [0.25, 0.3) is 10.0 Å². The summed E-state index contributed by atoms with van der Waals surface area (Å²) in [4.78, 5) is 12.8. The van der Waals surface area contributed by atoms with Crippen LogP contribution in [0.3, 0.4) is 0 Å². The van der Waals surface area contributed by atoms with E-state index in [-0.39, 0.29) is 16.3 Å². The number of amides is 1. The van der Waals surface area contributed by atoms with Gasteiger partial charge in [-0.15, -0.1) is 0 Å². The van der Waals surface area contributed by atoms with Crippen molar-refractivity contribution in [1.29, 1.82) is 0 Å². The Balaban J connectivity index is 1.48. The SMILES string of the molecule is CCS(=O)(=O)N(CC(=O)Nc1ccc(S(=O)(=O)Nc2ccccc2C)cc1)c1ccc2c(c1)OCCO2. The molecule has 1 heterocycles. The predicted molar refractivity (Wildman–Crippen MR) is 141 cm³/mol. The molecule has 1 aliphatic heterocycles. The van der Waals surface area contributed by atoms with Crippen LogP contribution in [0.4, 0.5) is 17.1 Å². The third-order valence-electron chi connectivity index (χ3n) is 5.64. The van der Waals surface area contributed by atoms with Crippen LogP contribution in [-0.2, 0) is 24.8 Å². The van der Waals surface area contributed by atoms with Crippen molar-refractivity contribution >= 4 is 43.0 Å². The van der Waals surface area contributed by atoms with Crippen molar-refractivity contribution < 1.29 is 31.1 Å². The van der Waals surface area contributed by atoms with E-state index in [1.54, 1.807) is 37.3 Å². The van der Waals surface area contributed by atoms with E-state index in [0.29, 0.717) is 36.1 Å². The van der Waals surface area contributed by atoms with Gasteiger partial charge in [0.2, 0.25) is 15.9 Å². The number of fused-ring (bicyclic) bond motifs is 1. The molecule has 0 unspecified atom stereocenters. The van der Waals surface area contributed by atoms with Gasteiger partial charge in [-0.3, -0.25) is 13.8 Å². The Morgan fingerprint density at radius 1 is 0.919 bits per heavy atom. The summed E-state index contributed by atoms with van der Waals surface area (Å²) in [5.41, 5.74) is 1.83. The Bertz CT molecular complexity index is 1510. The van der Waals surface area contributed by atoms with Crippen LogP contribution in [-0.4, -0.2) is 48.3 Å². The van der Waals surface area contributed by atoms with Crippen LogP contribution in [0.1, 0.15) is 12.5 Å². The van der Waals surface area contributed by atoms with E-state index in [2.05, 4.69) is 10.0 Å². The third-order valence-corrected chi connectivity index (χ3v) is 8.76. The summed E-state index contributed by atoms with van der Waals surface area (Å²) in [6.45, 7) is 3.54. The fourth-order valence-corrected chi connectivity index (χ4v) is 5.82. The molecule has 0 fully saturated rings. The molecule has 1 amide bonds. The highest BCUT2D eigenvalue weighted by molar-refractivity contribution is 7.93. The van der Waals surface area contributed by atoms with E-state index >= 15 is 0 Å². The number of hydrogen-bond donors (Lipinski definition) is 2. The summed E-state index contributed by atoms with van der Waals surface area (Å²) in [6, 6.07) is 17.3. The number of anilines is 3. The van der Waals surface area contributed by atoms with Gasteiger partial charge in [-0.05, 0) is 61.9 Å². The van der Waals surface area contributed by atoms with Crippen LogP contribution >= 0.6 is 0 Å². The van der Waals surface area contributed by atoms with E-state index in [1.807, 2.05) is 6.07 Å². The highest BCUT2D eigenvalue weighted by atomic mass is 32.2. The molecule has 0 spiro atoms. The van der Waals surface area contributed by atoms with Crippen molar-refractivity contribution in [3.05, 3.63) is 72.3 Å². The minimum absolute atomic E-state index is 0.0141. The van der Waals surface area contributed by atoms with Crippen LogP contribution in [0.5, 0.6) is 11.5 Å². The molecule has 0 saturated heterocycles. The van der Waals surface area contributed by atoms with E-state index in [4.69, 9.17) is 9.47 Å². The van der Waals surface area contributed by atoms with Gasteiger partial charge in [0.1, 0.15) is 19.8 Å². The Kier molecular flexibility index (Phi) is 7.60. The summed E-state index contributed by atoms with van der Waals surface area (Å²) in [7, 11) is -7.64. The van der Waals surface area contributed by atoms with Crippen molar-refractivity contribution in [1.82, 2.24) is 0 Å². The number of nitrogens with one attached hydrogen (secondary N) is 2. The number of hydrogen-bond acceptors (Lipinski definition) is 7. The lowest BCUT2D eigenvalue weighted by molar-refractivity contribution is -0.114. The first kappa shape index (κ1) is 26.3. The van der Waals surface area contributed by atoms with Crippen LogP contribution in [0, 0.1) is 6.92 Å². The van der Waals surface area contributed by atoms with E-state index in [1.165, 1.54) is 37.3 Å². The highest BCUT2D eigenvalue weighted by Crippen LogP contribution is 2.35. The molecule has 2 N–H and O–H groups in total. The van der Waals surface area contributed by atoms with Crippen molar-refractivity contribution in [3.63, 3.8) is 0 Å². The zero-order chi connectivity index (χ0) is 26.6. The molecule has 0 saturated carbocycles. The number of nitrogens with zero attached hydrogens (tertiary/aromatic N) is 1. The van der Waals surface area contributed by atoms with Crippen LogP contribution in [0.25, 0.3) is 0 Å². The van der Waals surface area contributed by atoms with Crippen molar-refractivity contribution in [2.45, 2.75) is 18.7 Å². The minimum Gasteiger partial charge on any atom is -0.486 e. The zero-order valence-electron chi connectivity index (χ0n) is 20.3. The Hall–Kier alpha value is -3.77. The average Bonchev–Trinajstić information content (AvgIpc) is 2.88. The average molecular weight is 546 g/mol. The molecule has 3 aromatic carbocycles. The molecule has 0 atom stereocenters. The normalized spacial score (nSPS) is 13.0. The quantitative estimate of drug-likeness (QED) is 0.422. The van der Waals surface area contributed by atoms with Gasteiger partial charge in [0, 0.05) is 11.8 Å². The fourth-order valence-electron chi connectivity index (χ4n) is 3.63. The van der Waals surface area contributed by atoms with Gasteiger partial charge in [0.05, 0.1) is 22.0 Å². The number of carbonyl (C=O) groups excluding carboxylic acids is 1.